The molecule has 214 valence electrons. The summed E-state index contributed by atoms with van der Waals surface area (Å²) in [5.74, 6) is -0.561. The molecule has 2 aliphatic heterocycles. The van der Waals surface area contributed by atoms with Crippen LogP contribution in [-0.2, 0) is 14.9 Å². The van der Waals surface area contributed by atoms with E-state index in [1.165, 1.54) is 35.6 Å². The fourth-order valence-corrected chi connectivity index (χ4v) is 6.69. The average molecular weight is 605 g/mol. The van der Waals surface area contributed by atoms with Crippen LogP contribution in [-0.4, -0.2) is 48.4 Å². The predicted molar refractivity (Wildman–Crippen MR) is 167 cm³/mol. The van der Waals surface area contributed by atoms with Gasteiger partial charge >= 0.3 is 5.91 Å². The van der Waals surface area contributed by atoms with Gasteiger partial charge in [0.2, 0.25) is 0 Å². The molecule has 7 rings (SSSR count). The maximum atomic E-state index is 13.5. The monoisotopic (exact) mass is 604 g/mol. The van der Waals surface area contributed by atoms with E-state index in [9.17, 15) is 22.2 Å². The molecule has 0 spiro atoms. The molecule has 3 aromatic rings. The zero-order valence-corrected chi connectivity index (χ0v) is 24.0. The highest BCUT2D eigenvalue weighted by Crippen LogP contribution is 2.35. The normalized spacial score (nSPS) is 21.4. The maximum absolute atomic E-state index is 13.5. The van der Waals surface area contributed by atoms with Crippen LogP contribution in [0, 0.1) is 11.7 Å². The lowest BCUT2D eigenvalue weighted by Gasteiger charge is -2.29. The highest BCUT2D eigenvalue weighted by molar-refractivity contribution is 7.86. The van der Waals surface area contributed by atoms with Gasteiger partial charge in [-0.1, -0.05) is 67.6 Å². The molecule has 0 saturated heterocycles. The third kappa shape index (κ3) is 5.40. The van der Waals surface area contributed by atoms with E-state index >= 15 is 0 Å². The smallest absolute Gasteiger partial charge is 0.285 e. The third-order valence-corrected chi connectivity index (χ3v) is 8.97. The summed E-state index contributed by atoms with van der Waals surface area (Å²) in [5, 5.41) is 3.40. The van der Waals surface area contributed by atoms with Crippen molar-refractivity contribution >= 4 is 81.7 Å². The first-order valence-corrected chi connectivity index (χ1v) is 14.7. The van der Waals surface area contributed by atoms with E-state index in [1.54, 1.807) is 12.1 Å². The van der Waals surface area contributed by atoms with Crippen LogP contribution in [0.15, 0.2) is 74.6 Å². The van der Waals surface area contributed by atoms with Crippen molar-refractivity contribution in [2.75, 3.05) is 0 Å². The van der Waals surface area contributed by atoms with Gasteiger partial charge in [-0.15, -0.1) is 12.4 Å². The SMILES string of the molecule is CCC1C=Cc2ccc3c4c(ccc3c2=C1)C(c1ccc(F)cc1)C(S(=O)(=O)O)CC=4.Cl.O=C1N=CN=C2N=CN=C12. The van der Waals surface area contributed by atoms with Crippen molar-refractivity contribution in [3.8, 4) is 0 Å². The van der Waals surface area contributed by atoms with E-state index in [1.807, 2.05) is 18.2 Å². The molecule has 0 fully saturated rings. The number of hydrogen-bond acceptors (Lipinski definition) is 6. The van der Waals surface area contributed by atoms with Gasteiger partial charge in [-0.3, -0.25) is 9.35 Å². The lowest BCUT2D eigenvalue weighted by molar-refractivity contribution is -0.111. The third-order valence-electron chi connectivity index (χ3n) is 7.74. The molecule has 1 amide bonds. The van der Waals surface area contributed by atoms with Gasteiger partial charge < -0.3 is 0 Å². The number of aliphatic imine (C=N–C) groups is 4. The fraction of sp³-hybridized carbons (Fsp3) is 0.194. The topological polar surface area (TPSA) is 121 Å². The zero-order valence-electron chi connectivity index (χ0n) is 22.4. The van der Waals surface area contributed by atoms with Crippen LogP contribution in [0.3, 0.4) is 0 Å². The molecule has 0 radical (unpaired) electrons. The number of hydrogen-bond donors (Lipinski definition) is 1. The Hall–Kier alpha value is -4.12. The molecule has 2 heterocycles. The summed E-state index contributed by atoms with van der Waals surface area (Å²) >= 11 is 0. The first-order chi connectivity index (χ1) is 19.7. The van der Waals surface area contributed by atoms with Gasteiger partial charge in [0.25, 0.3) is 10.1 Å². The van der Waals surface area contributed by atoms with Crippen molar-refractivity contribution in [2.24, 2.45) is 25.9 Å². The fourth-order valence-electron chi connectivity index (χ4n) is 5.70. The molecular weight excluding hydrogens is 579 g/mol. The molecule has 3 atom stereocenters. The summed E-state index contributed by atoms with van der Waals surface area (Å²) in [6, 6.07) is 14.1. The van der Waals surface area contributed by atoms with Gasteiger partial charge in [-0.25, -0.2) is 19.4 Å². The minimum Gasteiger partial charge on any atom is -0.285 e. The number of carbonyl (C=O) groups excluding carboxylic acids is 1. The van der Waals surface area contributed by atoms with Crippen LogP contribution in [0.1, 0.15) is 42.4 Å². The van der Waals surface area contributed by atoms with Crippen molar-refractivity contribution in [3.63, 3.8) is 0 Å². The van der Waals surface area contributed by atoms with Crippen LogP contribution in [0.2, 0.25) is 0 Å². The molecule has 0 aromatic heterocycles. The zero-order chi connectivity index (χ0) is 28.7. The number of nitrogens with zero attached hydrogens (tertiary/aromatic N) is 4. The maximum Gasteiger partial charge on any atom is 0.301 e. The molecule has 3 unspecified atom stereocenters. The standard InChI is InChI=1S/C26H23FO3S.C5H2N4O.ClH/c1-2-16-3-4-17-7-10-20-21-13-14-25(31(28,29)30)26(18-5-8-19(27)9-6-18)23(21)12-11-22(20)24(17)15-16;10-5-3-4(7-1-6-3)8-2-9-5;/h3-13,15-16,25-26H,2,14H2,1H3,(H,28,29,30);1-2H;1H. The minimum atomic E-state index is -4.29. The van der Waals surface area contributed by atoms with Crippen molar-refractivity contribution in [3.05, 3.63) is 87.6 Å². The van der Waals surface area contributed by atoms with Gasteiger partial charge in [-0.2, -0.15) is 13.4 Å². The Morgan fingerprint density at radius 3 is 2.38 bits per heavy atom. The average Bonchev–Trinajstić information content (AvgIpc) is 3.47. The second kappa shape index (κ2) is 11.6. The second-order valence-corrected chi connectivity index (χ2v) is 11.7. The predicted octanol–water partition coefficient (Wildman–Crippen LogP) is 4.24. The van der Waals surface area contributed by atoms with Gasteiger partial charge in [0.1, 0.15) is 23.7 Å². The molecule has 2 aliphatic carbocycles. The number of carbonyl (C=O) groups is 1. The number of fused-ring (bicyclic) bond motifs is 6. The number of amides is 1. The summed E-state index contributed by atoms with van der Waals surface area (Å²) in [5.41, 5.74) is 2.93. The number of allylic oxidation sites excluding steroid dienone is 1. The van der Waals surface area contributed by atoms with Crippen LogP contribution in [0.5, 0.6) is 0 Å². The Kier molecular flexibility index (Phi) is 8.14. The van der Waals surface area contributed by atoms with Gasteiger partial charge in [0, 0.05) is 5.92 Å². The Morgan fingerprint density at radius 1 is 0.952 bits per heavy atom. The van der Waals surface area contributed by atoms with E-state index in [0.717, 1.165) is 28.0 Å². The van der Waals surface area contributed by atoms with E-state index in [-0.39, 0.29) is 36.3 Å². The Balaban J connectivity index is 0.000000270. The first kappa shape index (κ1) is 29.4. The number of benzene rings is 3. The van der Waals surface area contributed by atoms with Crippen molar-refractivity contribution in [2.45, 2.75) is 30.9 Å². The summed E-state index contributed by atoms with van der Waals surface area (Å²) in [6.07, 6.45) is 12.3. The molecule has 42 heavy (non-hydrogen) atoms. The molecule has 11 heteroatoms. The number of rotatable bonds is 3. The van der Waals surface area contributed by atoms with Crippen molar-refractivity contribution in [1.29, 1.82) is 0 Å². The lowest BCUT2D eigenvalue weighted by atomic mass is 9.80. The van der Waals surface area contributed by atoms with Crippen LogP contribution in [0.4, 0.5) is 4.39 Å². The minimum absolute atomic E-state index is 0. The summed E-state index contributed by atoms with van der Waals surface area (Å²) in [7, 11) is -4.29. The molecule has 0 bridgehead atoms. The van der Waals surface area contributed by atoms with E-state index in [2.05, 4.69) is 57.3 Å². The molecule has 4 aliphatic rings. The van der Waals surface area contributed by atoms with Crippen molar-refractivity contribution < 1.29 is 22.2 Å². The molecule has 3 aromatic carbocycles. The van der Waals surface area contributed by atoms with Gasteiger partial charge in [0.05, 0.1) is 0 Å². The first-order valence-electron chi connectivity index (χ1n) is 13.2. The van der Waals surface area contributed by atoms with E-state index in [0.29, 0.717) is 17.3 Å². The van der Waals surface area contributed by atoms with Crippen LogP contribution >= 0.6 is 12.4 Å². The summed E-state index contributed by atoms with van der Waals surface area (Å²) in [6.45, 7) is 2.17. The molecule has 0 saturated carbocycles. The van der Waals surface area contributed by atoms with Crippen molar-refractivity contribution in [1.82, 2.24) is 0 Å². The second-order valence-electron chi connectivity index (χ2n) is 10.1. The molecule has 8 nitrogen and oxygen atoms in total. The highest BCUT2D eigenvalue weighted by Gasteiger charge is 2.36. The molecule has 1 N–H and O–H groups in total. The van der Waals surface area contributed by atoms with E-state index in [4.69, 9.17) is 0 Å². The number of amidine groups is 1. The van der Waals surface area contributed by atoms with E-state index < -0.39 is 21.3 Å². The van der Waals surface area contributed by atoms with Gasteiger partial charge in [-0.05, 0) is 68.8 Å². The summed E-state index contributed by atoms with van der Waals surface area (Å²) < 4.78 is 47.9. The Labute approximate surface area is 247 Å². The largest absolute Gasteiger partial charge is 0.301 e. The van der Waals surface area contributed by atoms with Gasteiger partial charge in [0.15, 0.2) is 11.5 Å². The Morgan fingerprint density at radius 2 is 1.67 bits per heavy atom. The lowest BCUT2D eigenvalue weighted by Crippen LogP contribution is -2.35. The quantitative estimate of drug-likeness (QED) is 0.450. The Bertz CT molecular complexity index is 1980. The van der Waals surface area contributed by atoms with Crippen LogP contribution < -0.4 is 10.4 Å². The number of halogens is 2. The highest BCUT2D eigenvalue weighted by atomic mass is 35.5. The molecular formula is C31H26ClFN4O4S. The summed E-state index contributed by atoms with van der Waals surface area (Å²) in [4.78, 5) is 25.3. The van der Waals surface area contributed by atoms with Crippen LogP contribution in [0.25, 0.3) is 29.0 Å².